The van der Waals surface area contributed by atoms with Crippen LogP contribution in [0.3, 0.4) is 0 Å². The molecule has 0 aromatic heterocycles. The van der Waals surface area contributed by atoms with Crippen LogP contribution in [-0.4, -0.2) is 56.2 Å². The summed E-state index contributed by atoms with van der Waals surface area (Å²) in [5.41, 5.74) is 5.24. The number of piperidine rings is 2. The van der Waals surface area contributed by atoms with Gasteiger partial charge in [0, 0.05) is 36.2 Å². The highest BCUT2D eigenvalue weighted by molar-refractivity contribution is 9.10. The van der Waals surface area contributed by atoms with E-state index in [0.717, 1.165) is 77.2 Å². The monoisotopic (exact) mass is 784 g/mol. The van der Waals surface area contributed by atoms with Crippen LogP contribution < -0.4 is 10.5 Å². The number of halogens is 1. The number of primary sulfonamides is 1. The Balaban J connectivity index is 1.11. The van der Waals surface area contributed by atoms with Crippen LogP contribution in [0.15, 0.2) is 106 Å². The fraction of sp³-hybridized carbons (Fsp3) is 0.381. The zero-order valence-electron chi connectivity index (χ0n) is 29.7. The number of rotatable bonds is 13. The van der Waals surface area contributed by atoms with Gasteiger partial charge in [0.2, 0.25) is 15.9 Å². The van der Waals surface area contributed by atoms with E-state index in [1.165, 1.54) is 44.2 Å². The zero-order chi connectivity index (χ0) is 36.5. The Morgan fingerprint density at radius 2 is 1.37 bits per heavy atom. The Morgan fingerprint density at radius 3 is 2.06 bits per heavy atom. The van der Waals surface area contributed by atoms with Gasteiger partial charge in [0.1, 0.15) is 0 Å². The summed E-state index contributed by atoms with van der Waals surface area (Å²) in [5.74, 6) is 1.62. The number of carbonyl (C=O) groups excluding carboxylic acids is 2. The van der Waals surface area contributed by atoms with E-state index in [2.05, 4.69) is 27.3 Å². The summed E-state index contributed by atoms with van der Waals surface area (Å²) in [7, 11) is -3.82. The molecule has 2 saturated heterocycles. The van der Waals surface area contributed by atoms with E-state index in [1.54, 1.807) is 17.0 Å². The van der Waals surface area contributed by atoms with Gasteiger partial charge in [0.25, 0.3) is 5.91 Å². The fourth-order valence-corrected chi connectivity index (χ4v) is 8.51. The van der Waals surface area contributed by atoms with Gasteiger partial charge >= 0.3 is 0 Å². The molecule has 2 aliphatic heterocycles. The van der Waals surface area contributed by atoms with Gasteiger partial charge in [-0.25, -0.2) is 13.6 Å². The van der Waals surface area contributed by atoms with Crippen molar-refractivity contribution in [3.8, 4) is 11.1 Å². The molecule has 0 atom stereocenters. The number of carbonyl (C=O) groups is 2. The molecule has 0 aliphatic carbocycles. The summed E-state index contributed by atoms with van der Waals surface area (Å²) in [5, 5.41) is 8.76. The Kier molecular flexibility index (Phi) is 13.0. The molecular formula is C42H49BrN4O4S. The second-order valence-electron chi connectivity index (χ2n) is 14.4. The second kappa shape index (κ2) is 17.8. The van der Waals surface area contributed by atoms with Crippen molar-refractivity contribution in [3.05, 3.63) is 124 Å². The quantitative estimate of drug-likeness (QED) is 0.145. The van der Waals surface area contributed by atoms with Gasteiger partial charge in [-0.05, 0) is 121 Å². The number of likely N-dealkylation sites (tertiary alicyclic amines) is 1. The third kappa shape index (κ3) is 10.6. The van der Waals surface area contributed by atoms with Crippen LogP contribution >= 0.6 is 15.9 Å². The number of amides is 2. The standard InChI is InChI=1S/C42H49BrN4O4S/c43-39-12-3-7-34(26-39)27-41(48)47(29-33-13-15-40(16-14-33)52(44,50)51)30-35-8-2-9-36(25-35)37-10-4-11-38(28-37)42(49)46-23-19-32(20-24-46)6-1-5-31-17-21-45-22-18-31/h2-4,7-16,25-26,28,31-32,45H,1,5-6,17-24,27,29-30H2,(H2,44,50,51). The summed E-state index contributed by atoms with van der Waals surface area (Å²) in [6.45, 7) is 4.59. The average molecular weight is 786 g/mol. The average Bonchev–Trinajstić information content (AvgIpc) is 3.15. The summed E-state index contributed by atoms with van der Waals surface area (Å²) >= 11 is 3.50. The van der Waals surface area contributed by atoms with Gasteiger partial charge in [-0.1, -0.05) is 89.8 Å². The van der Waals surface area contributed by atoms with Gasteiger partial charge in [-0.2, -0.15) is 0 Å². The summed E-state index contributed by atoms with van der Waals surface area (Å²) in [4.78, 5) is 31.2. The molecule has 52 heavy (non-hydrogen) atoms. The van der Waals surface area contributed by atoms with Crippen LogP contribution in [0.5, 0.6) is 0 Å². The van der Waals surface area contributed by atoms with Gasteiger partial charge in [0.05, 0.1) is 11.3 Å². The van der Waals surface area contributed by atoms with E-state index in [4.69, 9.17) is 5.14 Å². The van der Waals surface area contributed by atoms with Crippen molar-refractivity contribution in [1.82, 2.24) is 15.1 Å². The Bertz CT molecular complexity index is 1940. The molecule has 0 saturated carbocycles. The maximum atomic E-state index is 13.8. The van der Waals surface area contributed by atoms with Crippen LogP contribution in [0.25, 0.3) is 11.1 Å². The molecule has 0 radical (unpaired) electrons. The van der Waals surface area contributed by atoms with E-state index >= 15 is 0 Å². The summed E-state index contributed by atoms with van der Waals surface area (Å²) in [6.07, 6.45) is 8.90. The highest BCUT2D eigenvalue weighted by atomic mass is 79.9. The molecule has 0 spiro atoms. The van der Waals surface area contributed by atoms with Crippen LogP contribution in [0.4, 0.5) is 0 Å². The SMILES string of the molecule is NS(=O)(=O)c1ccc(CN(Cc2cccc(-c3cccc(C(=O)N4CCC(CCCC5CCNCC5)CC4)c3)c2)C(=O)Cc2cccc(Br)c2)cc1. The molecule has 4 aromatic carbocycles. The molecule has 10 heteroatoms. The third-order valence-corrected chi connectivity index (χ3v) is 12.0. The number of nitrogens with two attached hydrogens (primary N) is 1. The summed E-state index contributed by atoms with van der Waals surface area (Å²) < 4.78 is 24.5. The zero-order valence-corrected chi connectivity index (χ0v) is 32.1. The van der Waals surface area contributed by atoms with E-state index in [9.17, 15) is 18.0 Å². The number of hydrogen-bond donors (Lipinski definition) is 2. The molecule has 2 fully saturated rings. The lowest BCUT2D eigenvalue weighted by Gasteiger charge is -2.32. The van der Waals surface area contributed by atoms with Crippen molar-refractivity contribution in [2.24, 2.45) is 17.0 Å². The number of benzene rings is 4. The highest BCUT2D eigenvalue weighted by Crippen LogP contribution is 2.28. The molecule has 0 bridgehead atoms. The predicted octanol–water partition coefficient (Wildman–Crippen LogP) is 7.56. The molecule has 3 N–H and O–H groups in total. The molecule has 2 amide bonds. The van der Waals surface area contributed by atoms with Crippen molar-refractivity contribution in [3.63, 3.8) is 0 Å². The van der Waals surface area contributed by atoms with Gasteiger partial charge in [-0.15, -0.1) is 0 Å². The molecule has 274 valence electrons. The molecule has 6 rings (SSSR count). The van der Waals surface area contributed by atoms with Crippen LogP contribution in [-0.2, 0) is 34.3 Å². The number of sulfonamides is 1. The predicted molar refractivity (Wildman–Crippen MR) is 210 cm³/mol. The first-order valence-electron chi connectivity index (χ1n) is 18.4. The van der Waals surface area contributed by atoms with E-state index in [-0.39, 0.29) is 23.1 Å². The minimum absolute atomic E-state index is 0.0273. The van der Waals surface area contributed by atoms with E-state index < -0.39 is 10.0 Å². The van der Waals surface area contributed by atoms with Crippen LogP contribution in [0.1, 0.15) is 72.0 Å². The van der Waals surface area contributed by atoms with Crippen molar-refractivity contribution < 1.29 is 18.0 Å². The molecule has 0 unspecified atom stereocenters. The van der Waals surface area contributed by atoms with Gasteiger partial charge in [-0.3, -0.25) is 9.59 Å². The molecule has 8 nitrogen and oxygen atoms in total. The van der Waals surface area contributed by atoms with Crippen molar-refractivity contribution in [2.45, 2.75) is 69.4 Å². The first-order chi connectivity index (χ1) is 25.1. The highest BCUT2D eigenvalue weighted by Gasteiger charge is 2.24. The number of nitrogens with zero attached hydrogens (tertiary/aromatic N) is 2. The Labute approximate surface area is 317 Å². The van der Waals surface area contributed by atoms with Crippen molar-refractivity contribution in [1.29, 1.82) is 0 Å². The minimum atomic E-state index is -3.82. The maximum Gasteiger partial charge on any atom is 0.253 e. The van der Waals surface area contributed by atoms with Crippen molar-refractivity contribution in [2.75, 3.05) is 26.2 Å². The van der Waals surface area contributed by atoms with Gasteiger partial charge < -0.3 is 15.1 Å². The lowest BCUT2D eigenvalue weighted by Crippen LogP contribution is -2.38. The largest absolute Gasteiger partial charge is 0.339 e. The summed E-state index contributed by atoms with van der Waals surface area (Å²) in [6, 6.07) is 29.9. The van der Waals surface area contributed by atoms with Gasteiger partial charge in [0.15, 0.2) is 0 Å². The Morgan fingerprint density at radius 1 is 0.750 bits per heavy atom. The number of hydrogen-bond acceptors (Lipinski definition) is 5. The normalized spacial score (nSPS) is 15.8. The van der Waals surface area contributed by atoms with Crippen LogP contribution in [0.2, 0.25) is 0 Å². The molecule has 4 aromatic rings. The first kappa shape index (κ1) is 37.9. The third-order valence-electron chi connectivity index (χ3n) is 10.6. The first-order valence-corrected chi connectivity index (χ1v) is 20.8. The molecular weight excluding hydrogens is 736 g/mol. The smallest absolute Gasteiger partial charge is 0.253 e. The van der Waals surface area contributed by atoms with E-state index in [1.807, 2.05) is 71.6 Å². The molecule has 2 heterocycles. The van der Waals surface area contributed by atoms with E-state index in [0.29, 0.717) is 24.6 Å². The Hall–Kier alpha value is -3.83. The minimum Gasteiger partial charge on any atom is -0.339 e. The topological polar surface area (TPSA) is 113 Å². The van der Waals surface area contributed by atoms with Crippen LogP contribution in [0, 0.1) is 11.8 Å². The molecule has 2 aliphatic rings. The second-order valence-corrected chi connectivity index (χ2v) is 16.9. The lowest BCUT2D eigenvalue weighted by molar-refractivity contribution is -0.131. The van der Waals surface area contributed by atoms with Crippen molar-refractivity contribution >= 4 is 37.8 Å². The number of nitrogens with one attached hydrogen (secondary N) is 1. The maximum absolute atomic E-state index is 13.8. The lowest BCUT2D eigenvalue weighted by atomic mass is 9.87. The fourth-order valence-electron chi connectivity index (χ4n) is 7.54.